The summed E-state index contributed by atoms with van der Waals surface area (Å²) in [5.74, 6) is 0. The molecule has 4 rings (SSSR count). The number of nitrogens with two attached hydrogens (primary N) is 1. The second-order valence-corrected chi connectivity index (χ2v) is 5.21. The summed E-state index contributed by atoms with van der Waals surface area (Å²) in [5, 5.41) is 0. The van der Waals surface area contributed by atoms with E-state index < -0.39 is 0 Å². The molecular weight excluding hydrogens is 230 g/mol. The number of oxazole rings is 1. The van der Waals surface area contributed by atoms with E-state index in [9.17, 15) is 0 Å². The minimum atomic E-state index is 0.0691. The van der Waals surface area contributed by atoms with E-state index in [4.69, 9.17) is 14.9 Å². The lowest BCUT2D eigenvalue weighted by Crippen LogP contribution is -2.61. The number of benzene rings is 1. The third-order valence-corrected chi connectivity index (χ3v) is 3.81. The highest BCUT2D eigenvalue weighted by Gasteiger charge is 2.47. The van der Waals surface area contributed by atoms with Crippen molar-refractivity contribution in [3.05, 3.63) is 18.2 Å². The van der Waals surface area contributed by atoms with Crippen molar-refractivity contribution in [3.8, 4) is 0 Å². The van der Waals surface area contributed by atoms with Gasteiger partial charge in [-0.2, -0.15) is 4.98 Å². The highest BCUT2D eigenvalue weighted by Crippen LogP contribution is 2.38. The molecule has 5 heteroatoms. The molecule has 0 atom stereocenters. The average molecular weight is 245 g/mol. The Hall–Kier alpha value is -1.75. The van der Waals surface area contributed by atoms with Gasteiger partial charge in [-0.3, -0.25) is 0 Å². The minimum Gasteiger partial charge on any atom is -0.423 e. The third kappa shape index (κ3) is 1.40. The molecule has 2 aromatic rings. The second kappa shape index (κ2) is 3.38. The maximum absolute atomic E-state index is 5.79. The minimum absolute atomic E-state index is 0.0691. The second-order valence-electron chi connectivity index (χ2n) is 5.21. The topological polar surface area (TPSA) is 64.5 Å². The lowest BCUT2D eigenvalue weighted by molar-refractivity contribution is -0.0201. The van der Waals surface area contributed by atoms with Gasteiger partial charge in [0.1, 0.15) is 11.1 Å². The molecule has 2 fully saturated rings. The van der Waals surface area contributed by atoms with E-state index in [2.05, 4.69) is 9.88 Å². The summed E-state index contributed by atoms with van der Waals surface area (Å²) < 4.78 is 11.5. The number of rotatable bonds is 1. The Bertz CT molecular complexity index is 593. The quantitative estimate of drug-likeness (QED) is 0.776. The zero-order valence-corrected chi connectivity index (χ0v) is 10.1. The highest BCUT2D eigenvalue weighted by atomic mass is 16.5. The van der Waals surface area contributed by atoms with Gasteiger partial charge in [0, 0.05) is 12.3 Å². The van der Waals surface area contributed by atoms with Gasteiger partial charge >= 0.3 is 0 Å². The number of hydrogen-bond donors (Lipinski definition) is 1. The Balaban J connectivity index is 1.60. The summed E-state index contributed by atoms with van der Waals surface area (Å²) >= 11 is 0. The van der Waals surface area contributed by atoms with Gasteiger partial charge in [0.15, 0.2) is 5.58 Å². The highest BCUT2D eigenvalue weighted by molar-refractivity contribution is 5.78. The van der Waals surface area contributed by atoms with Gasteiger partial charge < -0.3 is 19.8 Å². The van der Waals surface area contributed by atoms with E-state index in [-0.39, 0.29) is 5.60 Å². The van der Waals surface area contributed by atoms with Gasteiger partial charge in [-0.05, 0) is 31.0 Å². The van der Waals surface area contributed by atoms with Crippen LogP contribution >= 0.6 is 0 Å². The molecule has 2 saturated heterocycles. The van der Waals surface area contributed by atoms with Crippen molar-refractivity contribution in [3.63, 3.8) is 0 Å². The van der Waals surface area contributed by atoms with E-state index in [0.717, 1.165) is 43.6 Å². The van der Waals surface area contributed by atoms with E-state index in [1.165, 1.54) is 0 Å². The fraction of sp³-hybridized carbons (Fsp3) is 0.462. The molecule has 2 aliphatic heterocycles. The fourth-order valence-electron chi connectivity index (χ4n) is 2.86. The van der Waals surface area contributed by atoms with Crippen LogP contribution in [0.1, 0.15) is 12.8 Å². The first-order valence-electron chi connectivity index (χ1n) is 6.29. The first-order chi connectivity index (χ1) is 8.74. The lowest BCUT2D eigenvalue weighted by Gasteiger charge is -2.46. The number of nitrogens with zero attached hydrogens (tertiary/aromatic N) is 2. The maximum Gasteiger partial charge on any atom is 0.298 e. The van der Waals surface area contributed by atoms with Crippen molar-refractivity contribution in [1.82, 2.24) is 4.98 Å². The summed E-state index contributed by atoms with van der Waals surface area (Å²) in [5.41, 5.74) is 8.12. The Morgan fingerprint density at radius 2 is 2.22 bits per heavy atom. The number of aromatic nitrogens is 1. The van der Waals surface area contributed by atoms with Crippen LogP contribution in [0.2, 0.25) is 0 Å². The smallest absolute Gasteiger partial charge is 0.298 e. The molecule has 18 heavy (non-hydrogen) atoms. The Kier molecular flexibility index (Phi) is 1.92. The van der Waals surface area contributed by atoms with Crippen LogP contribution in [0.3, 0.4) is 0 Å². The average Bonchev–Trinajstić information content (AvgIpc) is 2.91. The molecule has 0 amide bonds. The summed E-state index contributed by atoms with van der Waals surface area (Å²) in [6.07, 6.45) is 2.31. The molecule has 1 aromatic carbocycles. The number of fused-ring (bicyclic) bond motifs is 1. The van der Waals surface area contributed by atoms with Gasteiger partial charge in [0.25, 0.3) is 6.01 Å². The largest absolute Gasteiger partial charge is 0.423 e. The molecule has 3 heterocycles. The monoisotopic (exact) mass is 245 g/mol. The summed E-state index contributed by atoms with van der Waals surface area (Å²) in [6, 6.07) is 6.21. The third-order valence-electron chi connectivity index (χ3n) is 3.81. The Morgan fingerprint density at radius 3 is 3.00 bits per heavy atom. The number of anilines is 2. The normalized spacial score (nSPS) is 21.7. The van der Waals surface area contributed by atoms with Crippen molar-refractivity contribution < 1.29 is 9.15 Å². The van der Waals surface area contributed by atoms with Crippen LogP contribution in [0.5, 0.6) is 0 Å². The molecule has 2 aliphatic rings. The molecule has 1 aromatic heterocycles. The van der Waals surface area contributed by atoms with Gasteiger partial charge in [-0.25, -0.2) is 0 Å². The Morgan fingerprint density at radius 1 is 1.33 bits per heavy atom. The zero-order chi connectivity index (χ0) is 12.2. The van der Waals surface area contributed by atoms with E-state index in [1.54, 1.807) is 0 Å². The molecule has 0 unspecified atom stereocenters. The molecule has 0 saturated carbocycles. The van der Waals surface area contributed by atoms with E-state index >= 15 is 0 Å². The molecule has 0 bridgehead atoms. The molecule has 0 aliphatic carbocycles. The zero-order valence-electron chi connectivity index (χ0n) is 10.1. The fourth-order valence-corrected chi connectivity index (χ4v) is 2.86. The predicted molar refractivity (Wildman–Crippen MR) is 68.6 cm³/mol. The van der Waals surface area contributed by atoms with Crippen LogP contribution in [0.15, 0.2) is 22.6 Å². The van der Waals surface area contributed by atoms with E-state index in [0.29, 0.717) is 11.7 Å². The maximum atomic E-state index is 5.79. The van der Waals surface area contributed by atoms with Crippen molar-refractivity contribution >= 4 is 22.8 Å². The molecule has 94 valence electrons. The van der Waals surface area contributed by atoms with Gasteiger partial charge in [-0.1, -0.05) is 0 Å². The van der Waals surface area contributed by atoms with Crippen LogP contribution in [0.25, 0.3) is 11.1 Å². The molecule has 2 N–H and O–H groups in total. The van der Waals surface area contributed by atoms with Gasteiger partial charge in [0.05, 0.1) is 13.1 Å². The molecule has 5 nitrogen and oxygen atoms in total. The van der Waals surface area contributed by atoms with Crippen LogP contribution in [-0.2, 0) is 4.74 Å². The summed E-state index contributed by atoms with van der Waals surface area (Å²) in [4.78, 5) is 6.60. The number of hydrogen-bond acceptors (Lipinski definition) is 5. The first-order valence-corrected chi connectivity index (χ1v) is 6.29. The Labute approximate surface area is 105 Å². The van der Waals surface area contributed by atoms with Crippen molar-refractivity contribution in [1.29, 1.82) is 0 Å². The summed E-state index contributed by atoms with van der Waals surface area (Å²) in [7, 11) is 0. The molecule has 1 spiro atoms. The van der Waals surface area contributed by atoms with Crippen molar-refractivity contribution in [2.75, 3.05) is 30.3 Å². The van der Waals surface area contributed by atoms with Crippen molar-refractivity contribution in [2.45, 2.75) is 18.4 Å². The van der Waals surface area contributed by atoms with Gasteiger partial charge in [-0.15, -0.1) is 0 Å². The predicted octanol–water partition coefficient (Wildman–Crippen LogP) is 1.78. The molecular formula is C13H15N3O2. The SMILES string of the molecule is Nc1ccc2oc(N3CC4(CCCO4)C3)nc2c1. The van der Waals surface area contributed by atoms with Crippen LogP contribution < -0.4 is 10.6 Å². The first kappa shape index (κ1) is 10.2. The van der Waals surface area contributed by atoms with Crippen molar-refractivity contribution in [2.24, 2.45) is 0 Å². The van der Waals surface area contributed by atoms with Crippen LogP contribution in [0.4, 0.5) is 11.7 Å². The van der Waals surface area contributed by atoms with Crippen LogP contribution in [0, 0.1) is 0 Å². The van der Waals surface area contributed by atoms with E-state index in [1.807, 2.05) is 18.2 Å². The van der Waals surface area contributed by atoms with Gasteiger partial charge in [0.2, 0.25) is 0 Å². The standard InChI is InChI=1S/C13H15N3O2/c14-9-2-3-11-10(6-9)15-12(18-11)16-7-13(8-16)4-1-5-17-13/h2-3,6H,1,4-5,7-8,14H2. The summed E-state index contributed by atoms with van der Waals surface area (Å²) in [6.45, 7) is 2.66. The number of nitrogen functional groups attached to an aromatic ring is 1. The van der Waals surface area contributed by atoms with Crippen LogP contribution in [-0.4, -0.2) is 30.3 Å². The molecule has 0 radical (unpaired) electrons. The number of ether oxygens (including phenoxy) is 1. The lowest BCUT2D eigenvalue weighted by atomic mass is 9.91.